The van der Waals surface area contributed by atoms with E-state index in [9.17, 15) is 0 Å². The SMILES string of the molecule is CCC(CN)c1nc(-c2cccnc2)cs1. The van der Waals surface area contributed by atoms with Crippen molar-refractivity contribution in [2.45, 2.75) is 19.3 Å². The van der Waals surface area contributed by atoms with E-state index in [1.807, 2.05) is 18.3 Å². The number of pyridine rings is 1. The van der Waals surface area contributed by atoms with E-state index in [1.54, 1.807) is 17.5 Å². The Morgan fingerprint density at radius 3 is 3.00 bits per heavy atom. The Balaban J connectivity index is 2.26. The molecule has 2 heterocycles. The zero-order chi connectivity index (χ0) is 11.4. The predicted octanol–water partition coefficient (Wildman–Crippen LogP) is 2.66. The normalized spacial score (nSPS) is 12.6. The van der Waals surface area contributed by atoms with E-state index >= 15 is 0 Å². The van der Waals surface area contributed by atoms with Crippen molar-refractivity contribution >= 4 is 11.3 Å². The molecular formula is C12H15N3S. The average Bonchev–Trinajstić information content (AvgIpc) is 2.81. The maximum Gasteiger partial charge on any atom is 0.0976 e. The molecule has 2 aromatic heterocycles. The minimum absolute atomic E-state index is 0.385. The number of nitrogens with zero attached hydrogens (tertiary/aromatic N) is 2. The van der Waals surface area contributed by atoms with Crippen LogP contribution in [0.5, 0.6) is 0 Å². The highest BCUT2D eigenvalue weighted by atomic mass is 32.1. The summed E-state index contributed by atoms with van der Waals surface area (Å²) in [7, 11) is 0. The Hall–Kier alpha value is -1.26. The van der Waals surface area contributed by atoms with Crippen LogP contribution in [-0.2, 0) is 0 Å². The van der Waals surface area contributed by atoms with Crippen LogP contribution < -0.4 is 5.73 Å². The average molecular weight is 233 g/mol. The van der Waals surface area contributed by atoms with E-state index in [-0.39, 0.29) is 0 Å². The molecule has 3 nitrogen and oxygen atoms in total. The van der Waals surface area contributed by atoms with E-state index in [1.165, 1.54) is 0 Å². The van der Waals surface area contributed by atoms with Crippen LogP contribution in [0, 0.1) is 0 Å². The Morgan fingerprint density at radius 1 is 1.50 bits per heavy atom. The molecule has 0 bridgehead atoms. The molecule has 0 aliphatic carbocycles. The summed E-state index contributed by atoms with van der Waals surface area (Å²) in [6, 6.07) is 3.95. The first kappa shape index (κ1) is 11.2. The molecule has 1 unspecified atom stereocenters. The minimum atomic E-state index is 0.385. The third-order valence-electron chi connectivity index (χ3n) is 2.61. The van der Waals surface area contributed by atoms with Gasteiger partial charge in [0, 0.05) is 35.8 Å². The number of hydrogen-bond donors (Lipinski definition) is 1. The smallest absolute Gasteiger partial charge is 0.0976 e. The zero-order valence-corrected chi connectivity index (χ0v) is 10.1. The maximum atomic E-state index is 5.72. The molecule has 0 saturated heterocycles. The van der Waals surface area contributed by atoms with E-state index < -0.39 is 0 Å². The first-order valence-corrected chi connectivity index (χ1v) is 6.29. The second-order valence-corrected chi connectivity index (χ2v) is 4.54. The Bertz CT molecular complexity index is 435. The molecule has 4 heteroatoms. The van der Waals surface area contributed by atoms with Crippen LogP contribution >= 0.6 is 11.3 Å². The van der Waals surface area contributed by atoms with Crippen molar-refractivity contribution in [3.05, 3.63) is 34.9 Å². The molecule has 0 aliphatic heterocycles. The van der Waals surface area contributed by atoms with Crippen LogP contribution in [0.15, 0.2) is 29.9 Å². The van der Waals surface area contributed by atoms with Crippen LogP contribution in [0.3, 0.4) is 0 Å². The van der Waals surface area contributed by atoms with Gasteiger partial charge in [0.15, 0.2) is 0 Å². The van der Waals surface area contributed by atoms with Crippen molar-refractivity contribution in [1.82, 2.24) is 9.97 Å². The maximum absolute atomic E-state index is 5.72. The van der Waals surface area contributed by atoms with Gasteiger partial charge in [0.25, 0.3) is 0 Å². The second-order valence-electron chi connectivity index (χ2n) is 3.65. The summed E-state index contributed by atoms with van der Waals surface area (Å²) < 4.78 is 0. The highest BCUT2D eigenvalue weighted by molar-refractivity contribution is 7.10. The summed E-state index contributed by atoms with van der Waals surface area (Å²) in [5.74, 6) is 0.385. The summed E-state index contributed by atoms with van der Waals surface area (Å²) in [4.78, 5) is 8.72. The second kappa shape index (κ2) is 5.18. The molecule has 2 aromatic rings. The van der Waals surface area contributed by atoms with E-state index in [0.29, 0.717) is 12.5 Å². The van der Waals surface area contributed by atoms with Gasteiger partial charge >= 0.3 is 0 Å². The molecule has 0 amide bonds. The van der Waals surface area contributed by atoms with Gasteiger partial charge in [0.2, 0.25) is 0 Å². The lowest BCUT2D eigenvalue weighted by Gasteiger charge is -2.06. The van der Waals surface area contributed by atoms with E-state index in [0.717, 1.165) is 22.7 Å². The van der Waals surface area contributed by atoms with Gasteiger partial charge < -0.3 is 5.73 Å². The van der Waals surface area contributed by atoms with Gasteiger partial charge in [-0.05, 0) is 18.6 Å². The lowest BCUT2D eigenvalue weighted by atomic mass is 10.1. The summed E-state index contributed by atoms with van der Waals surface area (Å²) >= 11 is 1.68. The third-order valence-corrected chi connectivity index (χ3v) is 3.61. The lowest BCUT2D eigenvalue weighted by Crippen LogP contribution is -2.11. The van der Waals surface area contributed by atoms with Crippen molar-refractivity contribution in [2.75, 3.05) is 6.54 Å². The Morgan fingerprint density at radius 2 is 2.38 bits per heavy atom. The monoisotopic (exact) mass is 233 g/mol. The Kier molecular flexibility index (Phi) is 3.64. The quantitative estimate of drug-likeness (QED) is 0.883. The molecule has 0 fully saturated rings. The van der Waals surface area contributed by atoms with Crippen LogP contribution in [0.1, 0.15) is 24.3 Å². The van der Waals surface area contributed by atoms with E-state index in [4.69, 9.17) is 5.73 Å². The summed E-state index contributed by atoms with van der Waals surface area (Å²) in [5, 5.41) is 3.20. The number of aromatic nitrogens is 2. The van der Waals surface area contributed by atoms with Gasteiger partial charge in [-0.2, -0.15) is 0 Å². The largest absolute Gasteiger partial charge is 0.330 e. The molecule has 84 valence electrons. The molecule has 0 spiro atoms. The summed E-state index contributed by atoms with van der Waals surface area (Å²) in [5.41, 5.74) is 7.78. The molecular weight excluding hydrogens is 218 g/mol. The molecule has 16 heavy (non-hydrogen) atoms. The van der Waals surface area contributed by atoms with Crippen molar-refractivity contribution in [2.24, 2.45) is 5.73 Å². The van der Waals surface area contributed by atoms with Crippen molar-refractivity contribution < 1.29 is 0 Å². The first-order chi connectivity index (χ1) is 7.85. The van der Waals surface area contributed by atoms with Gasteiger partial charge in [-0.1, -0.05) is 6.92 Å². The van der Waals surface area contributed by atoms with Crippen molar-refractivity contribution in [3.8, 4) is 11.3 Å². The number of rotatable bonds is 4. The number of hydrogen-bond acceptors (Lipinski definition) is 4. The fourth-order valence-corrected chi connectivity index (χ4v) is 2.59. The number of thiazole rings is 1. The van der Waals surface area contributed by atoms with Crippen molar-refractivity contribution in [1.29, 1.82) is 0 Å². The van der Waals surface area contributed by atoms with Gasteiger partial charge in [-0.25, -0.2) is 4.98 Å². The lowest BCUT2D eigenvalue weighted by molar-refractivity contribution is 0.670. The molecule has 0 radical (unpaired) electrons. The van der Waals surface area contributed by atoms with Gasteiger partial charge in [-0.15, -0.1) is 11.3 Å². The van der Waals surface area contributed by atoms with Gasteiger partial charge in [-0.3, -0.25) is 4.98 Å². The van der Waals surface area contributed by atoms with Crippen LogP contribution in [0.4, 0.5) is 0 Å². The molecule has 0 saturated carbocycles. The van der Waals surface area contributed by atoms with E-state index in [2.05, 4.69) is 22.3 Å². The Labute approximate surface area is 99.4 Å². The highest BCUT2D eigenvalue weighted by Crippen LogP contribution is 2.27. The minimum Gasteiger partial charge on any atom is -0.330 e. The standard InChI is InChI=1S/C12H15N3S/c1-2-9(6-13)12-15-11(8-16-12)10-4-3-5-14-7-10/h3-5,7-9H,2,6,13H2,1H3. The molecule has 2 rings (SSSR count). The third kappa shape index (κ3) is 2.28. The molecule has 0 aromatic carbocycles. The van der Waals surface area contributed by atoms with Crippen molar-refractivity contribution in [3.63, 3.8) is 0 Å². The topological polar surface area (TPSA) is 51.8 Å². The molecule has 2 N–H and O–H groups in total. The van der Waals surface area contributed by atoms with Crippen LogP contribution in [0.2, 0.25) is 0 Å². The molecule has 0 aliphatic rings. The van der Waals surface area contributed by atoms with Gasteiger partial charge in [0.05, 0.1) is 10.7 Å². The van der Waals surface area contributed by atoms with Crippen LogP contribution in [0.25, 0.3) is 11.3 Å². The fraction of sp³-hybridized carbons (Fsp3) is 0.333. The molecule has 1 atom stereocenters. The summed E-state index contributed by atoms with van der Waals surface area (Å²) in [6.45, 7) is 2.80. The van der Waals surface area contributed by atoms with Crippen LogP contribution in [-0.4, -0.2) is 16.5 Å². The first-order valence-electron chi connectivity index (χ1n) is 5.41. The predicted molar refractivity (Wildman–Crippen MR) is 67.4 cm³/mol. The fourth-order valence-electron chi connectivity index (χ4n) is 1.56. The highest BCUT2D eigenvalue weighted by Gasteiger charge is 2.12. The van der Waals surface area contributed by atoms with Gasteiger partial charge in [0.1, 0.15) is 0 Å². The number of nitrogens with two attached hydrogens (primary N) is 1. The zero-order valence-electron chi connectivity index (χ0n) is 9.26. The summed E-state index contributed by atoms with van der Waals surface area (Å²) in [6.07, 6.45) is 4.64.